The van der Waals surface area contributed by atoms with Crippen LogP contribution in [0.3, 0.4) is 0 Å². The van der Waals surface area contributed by atoms with E-state index in [1.54, 1.807) is 12.1 Å². The SMILES string of the molecule is N#Cc1ccc(C(=O)N[C@H](Cc2cccc(OCc3ccccc3)c2)C(N)=O)cc1. The van der Waals surface area contributed by atoms with Crippen LogP contribution in [0.1, 0.15) is 27.0 Å². The minimum absolute atomic E-state index is 0.236. The van der Waals surface area contributed by atoms with E-state index in [2.05, 4.69) is 5.32 Å². The molecular formula is C24H21N3O3. The van der Waals surface area contributed by atoms with Gasteiger partial charge in [0.25, 0.3) is 5.91 Å². The highest BCUT2D eigenvalue weighted by Gasteiger charge is 2.20. The molecule has 3 rings (SSSR count). The molecule has 150 valence electrons. The van der Waals surface area contributed by atoms with Crippen molar-refractivity contribution in [1.82, 2.24) is 5.32 Å². The topological polar surface area (TPSA) is 105 Å². The number of rotatable bonds is 8. The summed E-state index contributed by atoms with van der Waals surface area (Å²) in [5, 5.41) is 11.5. The number of primary amides is 1. The Morgan fingerprint density at radius 3 is 2.33 bits per heavy atom. The molecule has 1 atom stereocenters. The molecule has 0 bridgehead atoms. The summed E-state index contributed by atoms with van der Waals surface area (Å²) >= 11 is 0. The van der Waals surface area contributed by atoms with Crippen LogP contribution < -0.4 is 15.8 Å². The van der Waals surface area contributed by atoms with Gasteiger partial charge in [0.1, 0.15) is 18.4 Å². The van der Waals surface area contributed by atoms with Crippen molar-refractivity contribution in [2.75, 3.05) is 0 Å². The number of hydrogen-bond acceptors (Lipinski definition) is 4. The zero-order valence-electron chi connectivity index (χ0n) is 16.2. The number of nitriles is 1. The Morgan fingerprint density at radius 2 is 1.67 bits per heavy atom. The van der Waals surface area contributed by atoms with Crippen molar-refractivity contribution in [3.05, 3.63) is 101 Å². The molecule has 0 saturated carbocycles. The van der Waals surface area contributed by atoms with E-state index in [4.69, 9.17) is 15.7 Å². The van der Waals surface area contributed by atoms with E-state index in [0.29, 0.717) is 23.5 Å². The fourth-order valence-electron chi connectivity index (χ4n) is 2.90. The zero-order valence-corrected chi connectivity index (χ0v) is 16.2. The second kappa shape index (κ2) is 9.89. The van der Waals surface area contributed by atoms with Crippen molar-refractivity contribution in [3.63, 3.8) is 0 Å². The van der Waals surface area contributed by atoms with Crippen LogP contribution in [-0.4, -0.2) is 17.9 Å². The number of nitrogens with zero attached hydrogens (tertiary/aromatic N) is 1. The van der Waals surface area contributed by atoms with Gasteiger partial charge in [0.15, 0.2) is 0 Å². The Kier molecular flexibility index (Phi) is 6.80. The highest BCUT2D eigenvalue weighted by Crippen LogP contribution is 2.17. The highest BCUT2D eigenvalue weighted by molar-refractivity contribution is 5.97. The summed E-state index contributed by atoms with van der Waals surface area (Å²) in [6, 6.07) is 24.4. The molecule has 0 aliphatic rings. The molecule has 0 aromatic heterocycles. The molecule has 30 heavy (non-hydrogen) atoms. The fourth-order valence-corrected chi connectivity index (χ4v) is 2.90. The molecule has 6 nitrogen and oxygen atoms in total. The Balaban J connectivity index is 1.65. The molecule has 3 aromatic rings. The molecule has 3 N–H and O–H groups in total. The molecule has 0 saturated heterocycles. The molecule has 6 heteroatoms. The smallest absolute Gasteiger partial charge is 0.251 e. The maximum atomic E-state index is 12.4. The van der Waals surface area contributed by atoms with Gasteiger partial charge in [-0.05, 0) is 47.5 Å². The van der Waals surface area contributed by atoms with Crippen molar-refractivity contribution in [2.45, 2.75) is 19.1 Å². The van der Waals surface area contributed by atoms with E-state index in [0.717, 1.165) is 11.1 Å². The minimum Gasteiger partial charge on any atom is -0.489 e. The quantitative estimate of drug-likeness (QED) is 0.607. The van der Waals surface area contributed by atoms with Crippen molar-refractivity contribution in [2.24, 2.45) is 5.73 Å². The van der Waals surface area contributed by atoms with E-state index in [1.165, 1.54) is 12.1 Å². The monoisotopic (exact) mass is 399 g/mol. The number of carbonyl (C=O) groups is 2. The van der Waals surface area contributed by atoms with Gasteiger partial charge in [0.05, 0.1) is 11.6 Å². The van der Waals surface area contributed by atoms with Gasteiger partial charge in [-0.25, -0.2) is 0 Å². The van der Waals surface area contributed by atoms with Gasteiger partial charge in [0, 0.05) is 12.0 Å². The van der Waals surface area contributed by atoms with Gasteiger partial charge in [-0.15, -0.1) is 0 Å². The lowest BCUT2D eigenvalue weighted by molar-refractivity contribution is -0.119. The van der Waals surface area contributed by atoms with Crippen LogP contribution in [0.5, 0.6) is 5.75 Å². The number of nitrogens with one attached hydrogen (secondary N) is 1. The third kappa shape index (κ3) is 5.69. The third-order valence-corrected chi connectivity index (χ3v) is 4.51. The summed E-state index contributed by atoms with van der Waals surface area (Å²) in [7, 11) is 0. The molecule has 3 aromatic carbocycles. The van der Waals surface area contributed by atoms with E-state index < -0.39 is 17.9 Å². The maximum absolute atomic E-state index is 12.4. The van der Waals surface area contributed by atoms with Crippen LogP contribution in [0.2, 0.25) is 0 Å². The van der Waals surface area contributed by atoms with Gasteiger partial charge in [-0.2, -0.15) is 5.26 Å². The maximum Gasteiger partial charge on any atom is 0.251 e. The van der Waals surface area contributed by atoms with E-state index in [1.807, 2.05) is 60.7 Å². The average molecular weight is 399 g/mol. The van der Waals surface area contributed by atoms with Crippen molar-refractivity contribution >= 4 is 11.8 Å². The first kappa shape index (κ1) is 20.6. The summed E-state index contributed by atoms with van der Waals surface area (Å²) in [6.45, 7) is 0.430. The number of carbonyl (C=O) groups excluding carboxylic acids is 2. The van der Waals surface area contributed by atoms with Gasteiger partial charge < -0.3 is 15.8 Å². The molecular weight excluding hydrogens is 378 g/mol. The molecule has 0 aliphatic carbocycles. The van der Waals surface area contributed by atoms with Gasteiger partial charge in [-0.3, -0.25) is 9.59 Å². The van der Waals surface area contributed by atoms with Crippen LogP contribution in [0.15, 0.2) is 78.9 Å². The lowest BCUT2D eigenvalue weighted by Crippen LogP contribution is -2.45. The molecule has 0 fully saturated rings. The Bertz CT molecular complexity index is 1060. The van der Waals surface area contributed by atoms with Crippen LogP contribution in [0, 0.1) is 11.3 Å². The van der Waals surface area contributed by atoms with Crippen molar-refractivity contribution in [1.29, 1.82) is 5.26 Å². The number of amides is 2. The molecule has 0 heterocycles. The number of ether oxygens (including phenoxy) is 1. The summed E-state index contributed by atoms with van der Waals surface area (Å²) in [5.74, 6) is -0.398. The van der Waals surface area contributed by atoms with Crippen LogP contribution in [-0.2, 0) is 17.8 Å². The summed E-state index contributed by atoms with van der Waals surface area (Å²) in [5.41, 5.74) is 8.16. The standard InChI is InChI=1S/C24H21N3O3/c25-15-17-9-11-20(12-10-17)24(29)27-22(23(26)28)14-19-7-4-8-21(13-19)30-16-18-5-2-1-3-6-18/h1-13,22H,14,16H2,(H2,26,28)(H,27,29)/t22-/m1/s1. The normalized spacial score (nSPS) is 11.2. The molecule has 0 aliphatic heterocycles. The van der Waals surface area contributed by atoms with Gasteiger partial charge >= 0.3 is 0 Å². The first-order chi connectivity index (χ1) is 14.5. The van der Waals surface area contributed by atoms with Gasteiger partial charge in [0.2, 0.25) is 5.91 Å². The first-order valence-electron chi connectivity index (χ1n) is 9.41. The van der Waals surface area contributed by atoms with E-state index in [-0.39, 0.29) is 6.42 Å². The lowest BCUT2D eigenvalue weighted by atomic mass is 10.0. The average Bonchev–Trinajstić information content (AvgIpc) is 2.78. The highest BCUT2D eigenvalue weighted by atomic mass is 16.5. The van der Waals surface area contributed by atoms with Crippen molar-refractivity contribution < 1.29 is 14.3 Å². The zero-order chi connectivity index (χ0) is 21.3. The summed E-state index contributed by atoms with van der Waals surface area (Å²) in [6.07, 6.45) is 0.236. The lowest BCUT2D eigenvalue weighted by Gasteiger charge is -2.16. The molecule has 0 radical (unpaired) electrons. The Hall–Kier alpha value is -4.11. The Labute approximate surface area is 174 Å². The third-order valence-electron chi connectivity index (χ3n) is 4.51. The fraction of sp³-hybridized carbons (Fsp3) is 0.125. The number of nitrogens with two attached hydrogens (primary N) is 1. The Morgan fingerprint density at radius 1 is 0.967 bits per heavy atom. The van der Waals surface area contributed by atoms with E-state index in [9.17, 15) is 9.59 Å². The largest absolute Gasteiger partial charge is 0.489 e. The molecule has 0 spiro atoms. The number of benzene rings is 3. The van der Waals surface area contributed by atoms with Gasteiger partial charge in [-0.1, -0.05) is 42.5 Å². The molecule has 2 amide bonds. The molecule has 0 unspecified atom stereocenters. The van der Waals surface area contributed by atoms with Crippen molar-refractivity contribution in [3.8, 4) is 11.8 Å². The summed E-state index contributed by atoms with van der Waals surface area (Å²) < 4.78 is 5.82. The van der Waals surface area contributed by atoms with Crippen LogP contribution in [0.4, 0.5) is 0 Å². The predicted octanol–water partition coefficient (Wildman–Crippen LogP) is 2.96. The number of hydrogen-bond donors (Lipinski definition) is 2. The minimum atomic E-state index is -0.877. The second-order valence-electron chi connectivity index (χ2n) is 6.74. The van der Waals surface area contributed by atoms with Crippen LogP contribution in [0.25, 0.3) is 0 Å². The summed E-state index contributed by atoms with van der Waals surface area (Å²) in [4.78, 5) is 24.3. The second-order valence-corrected chi connectivity index (χ2v) is 6.74. The van der Waals surface area contributed by atoms with E-state index >= 15 is 0 Å². The first-order valence-corrected chi connectivity index (χ1v) is 9.41. The van der Waals surface area contributed by atoms with Crippen LogP contribution >= 0.6 is 0 Å². The predicted molar refractivity (Wildman–Crippen MR) is 113 cm³/mol.